The predicted molar refractivity (Wildman–Crippen MR) is 72.9 cm³/mol. The lowest BCUT2D eigenvalue weighted by molar-refractivity contribution is 1.14. The summed E-state index contributed by atoms with van der Waals surface area (Å²) in [6, 6.07) is 10.6. The van der Waals surface area contributed by atoms with E-state index < -0.39 is 0 Å². The molecule has 1 aromatic carbocycles. The number of hydrogen-bond acceptors (Lipinski definition) is 3. The summed E-state index contributed by atoms with van der Waals surface area (Å²) in [6.07, 6.45) is 0. The van der Waals surface area contributed by atoms with Crippen LogP contribution in [0.4, 0.5) is 0 Å². The third kappa shape index (κ3) is 5.47. The minimum absolute atomic E-state index is 0.336. The van der Waals surface area contributed by atoms with Gasteiger partial charge in [0.25, 0.3) is 0 Å². The zero-order chi connectivity index (χ0) is 10.9. The maximum absolute atomic E-state index is 5.62. The third-order valence-electron chi connectivity index (χ3n) is 1.88. The fourth-order valence-corrected chi connectivity index (χ4v) is 5.03. The van der Waals surface area contributed by atoms with Gasteiger partial charge in [0.15, 0.2) is 0 Å². The molecule has 0 aromatic heterocycles. The van der Waals surface area contributed by atoms with Crippen molar-refractivity contribution in [1.29, 1.82) is 0 Å². The Balaban J connectivity index is 2.43. The monoisotopic (exact) mass is 243 g/mol. The van der Waals surface area contributed by atoms with Crippen LogP contribution in [0.3, 0.4) is 0 Å². The summed E-state index contributed by atoms with van der Waals surface area (Å²) in [7, 11) is 2.30. The Labute approximate surface area is 98.6 Å². The molecule has 0 saturated heterocycles. The van der Waals surface area contributed by atoms with Crippen LogP contribution in [0.25, 0.3) is 0 Å². The molecule has 4 N–H and O–H groups in total. The van der Waals surface area contributed by atoms with Gasteiger partial charge in [-0.05, 0) is 0 Å². The molecule has 0 fully saturated rings. The summed E-state index contributed by atoms with van der Waals surface area (Å²) >= 11 is 0. The first-order valence-electron chi connectivity index (χ1n) is 5.11. The summed E-state index contributed by atoms with van der Waals surface area (Å²) < 4.78 is 0. The fraction of sp³-hybridized carbons (Fsp3) is 0.455. The van der Waals surface area contributed by atoms with E-state index in [1.165, 1.54) is 5.56 Å². The normalized spacial score (nSPS) is 12.7. The fourth-order valence-electron chi connectivity index (χ4n) is 1.23. The van der Waals surface area contributed by atoms with E-state index in [9.17, 15) is 0 Å². The Morgan fingerprint density at radius 2 is 1.80 bits per heavy atom. The van der Waals surface area contributed by atoms with E-state index in [0.29, 0.717) is 9.93 Å². The second-order valence-corrected chi connectivity index (χ2v) is 7.52. The summed E-state index contributed by atoms with van der Waals surface area (Å²) in [5.74, 6) is 3.26. The number of rotatable bonds is 7. The van der Waals surface area contributed by atoms with E-state index in [1.54, 1.807) is 0 Å². The molecular weight excluding hydrogens is 224 g/mol. The van der Waals surface area contributed by atoms with Crippen LogP contribution in [0.2, 0.25) is 0 Å². The Kier molecular flexibility index (Phi) is 6.92. The molecule has 1 rings (SSSR count). The molecule has 0 heterocycles. The van der Waals surface area contributed by atoms with Crippen molar-refractivity contribution in [2.45, 2.75) is 5.75 Å². The van der Waals surface area contributed by atoms with Crippen molar-refractivity contribution in [2.75, 3.05) is 24.6 Å². The van der Waals surface area contributed by atoms with E-state index in [4.69, 9.17) is 11.5 Å². The second kappa shape index (κ2) is 8.05. The van der Waals surface area contributed by atoms with Gasteiger partial charge in [-0.15, -0.1) is 0 Å². The van der Waals surface area contributed by atoms with E-state index in [1.807, 2.05) is 10.8 Å². The maximum atomic E-state index is 5.62. The molecule has 4 heteroatoms. The van der Waals surface area contributed by atoms with Gasteiger partial charge in [0, 0.05) is 18.7 Å². The lowest BCUT2D eigenvalue weighted by Crippen LogP contribution is -2.16. The average molecular weight is 243 g/mol. The largest absolute Gasteiger partial charge is 0.329 e. The lowest BCUT2D eigenvalue weighted by atomic mass is 10.2. The van der Waals surface area contributed by atoms with Crippen LogP contribution in [0.5, 0.6) is 0 Å². The highest BCUT2D eigenvalue weighted by Crippen LogP contribution is 2.20. The predicted octanol–water partition coefficient (Wildman–Crippen LogP) is 1.37. The molecule has 0 spiro atoms. The molecule has 0 radical (unpaired) electrons. The van der Waals surface area contributed by atoms with Gasteiger partial charge < -0.3 is 11.5 Å². The van der Waals surface area contributed by atoms with Gasteiger partial charge in [-0.3, -0.25) is 0 Å². The SMILES string of the molecule is NCCS[S+](CCN)Cc1ccccc1. The van der Waals surface area contributed by atoms with Gasteiger partial charge in [-0.25, -0.2) is 0 Å². The van der Waals surface area contributed by atoms with Crippen LogP contribution in [0.15, 0.2) is 30.3 Å². The van der Waals surface area contributed by atoms with Crippen molar-refractivity contribution in [3.8, 4) is 0 Å². The van der Waals surface area contributed by atoms with Crippen molar-refractivity contribution >= 4 is 20.7 Å². The van der Waals surface area contributed by atoms with Crippen molar-refractivity contribution in [3.63, 3.8) is 0 Å². The molecule has 0 aliphatic heterocycles. The van der Waals surface area contributed by atoms with Gasteiger partial charge in [0.1, 0.15) is 11.5 Å². The lowest BCUT2D eigenvalue weighted by Gasteiger charge is -2.05. The molecule has 1 unspecified atom stereocenters. The first-order valence-corrected chi connectivity index (χ1v) is 8.18. The first kappa shape index (κ1) is 12.9. The summed E-state index contributed by atoms with van der Waals surface area (Å²) in [4.78, 5) is 0. The minimum atomic E-state index is 0.336. The number of benzene rings is 1. The zero-order valence-corrected chi connectivity index (χ0v) is 10.5. The highest BCUT2D eigenvalue weighted by Gasteiger charge is 2.19. The van der Waals surface area contributed by atoms with Crippen LogP contribution >= 0.6 is 10.8 Å². The number of nitrogens with two attached hydrogens (primary N) is 2. The van der Waals surface area contributed by atoms with Crippen molar-refractivity contribution in [3.05, 3.63) is 35.9 Å². The Bertz CT molecular complexity index is 254. The summed E-state index contributed by atoms with van der Waals surface area (Å²) in [6.45, 7) is 1.53. The molecule has 1 atom stereocenters. The van der Waals surface area contributed by atoms with Crippen molar-refractivity contribution in [1.82, 2.24) is 0 Å². The molecule has 0 bridgehead atoms. The van der Waals surface area contributed by atoms with Crippen LogP contribution in [0.1, 0.15) is 5.56 Å². The summed E-state index contributed by atoms with van der Waals surface area (Å²) in [5.41, 5.74) is 12.5. The zero-order valence-electron chi connectivity index (χ0n) is 8.89. The molecule has 0 amide bonds. The van der Waals surface area contributed by atoms with Crippen LogP contribution in [-0.4, -0.2) is 24.6 Å². The number of hydrogen-bond donors (Lipinski definition) is 2. The van der Waals surface area contributed by atoms with E-state index in [-0.39, 0.29) is 0 Å². The Hall–Kier alpha value is -0.160. The topological polar surface area (TPSA) is 52.0 Å². The first-order chi connectivity index (χ1) is 7.36. The van der Waals surface area contributed by atoms with Gasteiger partial charge in [0.05, 0.1) is 26.5 Å². The van der Waals surface area contributed by atoms with E-state index >= 15 is 0 Å². The standard InChI is InChI=1S/C11H19N2S2/c12-6-8-14-15(9-7-13)10-11-4-2-1-3-5-11/h1-5H,6-10,12-13H2/q+1. The van der Waals surface area contributed by atoms with Crippen LogP contribution in [0, 0.1) is 0 Å². The van der Waals surface area contributed by atoms with Gasteiger partial charge in [0.2, 0.25) is 0 Å². The van der Waals surface area contributed by atoms with Crippen LogP contribution in [-0.2, 0) is 15.7 Å². The van der Waals surface area contributed by atoms with Crippen molar-refractivity contribution in [2.24, 2.45) is 11.5 Å². The molecule has 1 aromatic rings. The van der Waals surface area contributed by atoms with Crippen LogP contribution < -0.4 is 11.5 Å². The minimum Gasteiger partial charge on any atom is -0.329 e. The highest BCUT2D eigenvalue weighted by molar-refractivity contribution is 8.73. The summed E-state index contributed by atoms with van der Waals surface area (Å²) in [5, 5.41) is 0. The molecule has 2 nitrogen and oxygen atoms in total. The Morgan fingerprint density at radius 3 is 2.40 bits per heavy atom. The molecular formula is C11H19N2S2+. The van der Waals surface area contributed by atoms with Crippen molar-refractivity contribution < 1.29 is 0 Å². The van der Waals surface area contributed by atoms with E-state index in [0.717, 1.165) is 30.3 Å². The smallest absolute Gasteiger partial charge is 0.145 e. The molecule has 84 valence electrons. The van der Waals surface area contributed by atoms with E-state index in [2.05, 4.69) is 30.3 Å². The molecule has 0 aliphatic rings. The third-order valence-corrected chi connectivity index (χ3v) is 6.32. The highest BCUT2D eigenvalue weighted by atomic mass is 33.1. The van der Waals surface area contributed by atoms with Gasteiger partial charge in [-0.1, -0.05) is 30.3 Å². The molecule has 15 heavy (non-hydrogen) atoms. The van der Waals surface area contributed by atoms with Gasteiger partial charge in [-0.2, -0.15) is 0 Å². The average Bonchev–Trinajstić information content (AvgIpc) is 2.28. The second-order valence-electron chi connectivity index (χ2n) is 3.17. The Morgan fingerprint density at radius 1 is 1.07 bits per heavy atom. The van der Waals surface area contributed by atoms with Gasteiger partial charge >= 0.3 is 0 Å². The maximum Gasteiger partial charge on any atom is 0.145 e. The quantitative estimate of drug-likeness (QED) is 0.562. The molecule has 0 saturated carbocycles. The molecule has 0 aliphatic carbocycles.